The van der Waals surface area contributed by atoms with Crippen LogP contribution in [0.3, 0.4) is 0 Å². The van der Waals surface area contributed by atoms with Gasteiger partial charge in [0.1, 0.15) is 0 Å². The summed E-state index contributed by atoms with van der Waals surface area (Å²) in [6.45, 7) is 13.1. The van der Waals surface area contributed by atoms with Crippen LogP contribution in [0.4, 0.5) is 11.4 Å². The number of benzene rings is 3. The molecular weight excluding hydrogens is 486 g/mol. The van der Waals surface area contributed by atoms with E-state index in [4.69, 9.17) is 0 Å². The molecule has 0 bridgehead atoms. The Morgan fingerprint density at radius 1 is 0.816 bits per heavy atom. The zero-order valence-corrected chi connectivity index (χ0v) is 24.6. The van der Waals surface area contributed by atoms with Gasteiger partial charge in [0.05, 0.1) is 0 Å². The van der Waals surface area contributed by atoms with Crippen LogP contribution in [0, 0.1) is 0 Å². The second-order valence-corrected chi connectivity index (χ2v) is 10.2. The molecule has 3 aromatic carbocycles. The van der Waals surface area contributed by atoms with Crippen molar-refractivity contribution >= 4 is 34.5 Å². The smallest absolute Gasteiger partial charge is 0.0440 e. The van der Waals surface area contributed by atoms with Crippen LogP contribution < -0.4 is 9.62 Å². The fraction of sp³-hybridized carbons (Fsp3) is 0.394. The van der Waals surface area contributed by atoms with E-state index in [-0.39, 0.29) is 6.61 Å². The van der Waals surface area contributed by atoms with Crippen molar-refractivity contribution in [2.45, 2.75) is 46.6 Å². The normalized spacial score (nSPS) is 14.6. The molecule has 1 heterocycles. The van der Waals surface area contributed by atoms with Crippen LogP contribution in [0.25, 0.3) is 11.1 Å². The molecule has 1 aliphatic heterocycles. The van der Waals surface area contributed by atoms with Crippen LogP contribution in [0.1, 0.15) is 57.2 Å². The van der Waals surface area contributed by atoms with Crippen molar-refractivity contribution in [3.8, 4) is 0 Å². The molecule has 0 spiro atoms. The Balaban J connectivity index is 0.00000195. The fourth-order valence-electron chi connectivity index (χ4n) is 4.98. The summed E-state index contributed by atoms with van der Waals surface area (Å²) in [5, 5.41) is 9.67. The molecule has 0 saturated carbocycles. The molecule has 0 aromatic heterocycles. The lowest BCUT2D eigenvalue weighted by Gasteiger charge is -2.38. The Morgan fingerprint density at radius 3 is 1.92 bits per heavy atom. The summed E-state index contributed by atoms with van der Waals surface area (Å²) in [5.74, 6) is 0. The SMILES string of the molecule is CC.CSNc1ccc(/C(=C(\CCCO)c2ccccc2)c2ccc(N3CCN(C(C)C)CC3)cc2)cc1. The van der Waals surface area contributed by atoms with Crippen LogP contribution in [0.15, 0.2) is 78.9 Å². The summed E-state index contributed by atoms with van der Waals surface area (Å²) in [4.78, 5) is 5.05. The second kappa shape index (κ2) is 15.6. The van der Waals surface area contributed by atoms with Crippen molar-refractivity contribution in [2.24, 2.45) is 0 Å². The maximum absolute atomic E-state index is 9.67. The molecule has 3 aromatic rings. The number of anilines is 2. The highest BCUT2D eigenvalue weighted by atomic mass is 32.2. The zero-order chi connectivity index (χ0) is 27.3. The van der Waals surface area contributed by atoms with Gasteiger partial charge in [-0.15, -0.1) is 0 Å². The molecule has 0 unspecified atom stereocenters. The predicted molar refractivity (Wildman–Crippen MR) is 169 cm³/mol. The Labute approximate surface area is 234 Å². The number of nitrogens with zero attached hydrogens (tertiary/aromatic N) is 2. The van der Waals surface area contributed by atoms with Gasteiger partial charge in [-0.05, 0) is 78.8 Å². The van der Waals surface area contributed by atoms with Crippen molar-refractivity contribution in [3.05, 3.63) is 95.6 Å². The van der Waals surface area contributed by atoms with Crippen molar-refractivity contribution < 1.29 is 5.11 Å². The summed E-state index contributed by atoms with van der Waals surface area (Å²) in [6.07, 6.45) is 3.59. The van der Waals surface area contributed by atoms with E-state index in [1.54, 1.807) is 11.9 Å². The highest BCUT2D eigenvalue weighted by molar-refractivity contribution is 7.99. The van der Waals surface area contributed by atoms with Gasteiger partial charge in [0.2, 0.25) is 0 Å². The van der Waals surface area contributed by atoms with Gasteiger partial charge in [0, 0.05) is 56.5 Å². The van der Waals surface area contributed by atoms with Gasteiger partial charge in [0.15, 0.2) is 0 Å². The molecule has 2 N–H and O–H groups in total. The molecule has 0 radical (unpaired) electrons. The summed E-state index contributed by atoms with van der Waals surface area (Å²) < 4.78 is 3.32. The van der Waals surface area contributed by atoms with Gasteiger partial charge in [-0.2, -0.15) is 0 Å². The third kappa shape index (κ3) is 7.89. The van der Waals surface area contributed by atoms with Crippen molar-refractivity contribution in [1.29, 1.82) is 0 Å². The second-order valence-electron chi connectivity index (χ2n) is 9.59. The number of allylic oxidation sites excluding steroid dienone is 1. The first-order chi connectivity index (χ1) is 18.6. The third-order valence-corrected chi connectivity index (χ3v) is 7.41. The van der Waals surface area contributed by atoms with Gasteiger partial charge in [-0.25, -0.2) is 0 Å². The first-order valence-corrected chi connectivity index (χ1v) is 15.2. The lowest BCUT2D eigenvalue weighted by Crippen LogP contribution is -2.48. The van der Waals surface area contributed by atoms with E-state index < -0.39 is 0 Å². The van der Waals surface area contributed by atoms with Crippen LogP contribution >= 0.6 is 11.9 Å². The van der Waals surface area contributed by atoms with Gasteiger partial charge < -0.3 is 14.7 Å². The van der Waals surface area contributed by atoms with E-state index in [2.05, 4.69) is 107 Å². The molecule has 5 heteroatoms. The quantitative estimate of drug-likeness (QED) is 0.207. The van der Waals surface area contributed by atoms with E-state index in [1.807, 2.05) is 20.1 Å². The van der Waals surface area contributed by atoms with Gasteiger partial charge in [0.25, 0.3) is 0 Å². The summed E-state index contributed by atoms with van der Waals surface area (Å²) in [6, 6.07) is 29.0. The average Bonchev–Trinajstić information content (AvgIpc) is 2.98. The molecule has 0 amide bonds. The number of rotatable bonds is 10. The molecule has 0 atom stereocenters. The lowest BCUT2D eigenvalue weighted by atomic mass is 9.87. The van der Waals surface area contributed by atoms with Crippen LogP contribution in [0.2, 0.25) is 0 Å². The number of hydrogen-bond donors (Lipinski definition) is 2. The van der Waals surface area contributed by atoms with Crippen LogP contribution in [0.5, 0.6) is 0 Å². The topological polar surface area (TPSA) is 38.7 Å². The Morgan fingerprint density at radius 2 is 1.39 bits per heavy atom. The lowest BCUT2D eigenvalue weighted by molar-refractivity contribution is 0.209. The monoisotopic (exact) mass is 531 g/mol. The summed E-state index contributed by atoms with van der Waals surface area (Å²) >= 11 is 1.60. The zero-order valence-electron chi connectivity index (χ0n) is 23.8. The number of piperazine rings is 1. The van der Waals surface area contributed by atoms with Gasteiger partial charge in [-0.3, -0.25) is 4.90 Å². The molecular formula is C33H45N3OS. The number of hydrogen-bond acceptors (Lipinski definition) is 5. The van der Waals surface area contributed by atoms with E-state index in [9.17, 15) is 5.11 Å². The summed E-state index contributed by atoms with van der Waals surface area (Å²) in [7, 11) is 0. The van der Waals surface area contributed by atoms with Gasteiger partial charge in [-0.1, -0.05) is 80.4 Å². The Bertz CT molecular complexity index is 1100. The molecule has 204 valence electrons. The minimum absolute atomic E-state index is 0.182. The molecule has 4 nitrogen and oxygen atoms in total. The van der Waals surface area contributed by atoms with Crippen molar-refractivity contribution in [3.63, 3.8) is 0 Å². The minimum atomic E-state index is 0.182. The fourth-order valence-corrected chi connectivity index (χ4v) is 5.35. The highest BCUT2D eigenvalue weighted by Gasteiger charge is 2.20. The molecule has 4 rings (SSSR count). The number of aliphatic hydroxyl groups is 1. The average molecular weight is 532 g/mol. The highest BCUT2D eigenvalue weighted by Crippen LogP contribution is 2.36. The first kappa shape index (κ1) is 29.8. The molecule has 38 heavy (non-hydrogen) atoms. The maximum Gasteiger partial charge on any atom is 0.0440 e. The maximum atomic E-state index is 9.67. The number of aliphatic hydroxyl groups excluding tert-OH is 1. The van der Waals surface area contributed by atoms with E-state index >= 15 is 0 Å². The Hall–Kier alpha value is -2.73. The molecule has 1 aliphatic rings. The van der Waals surface area contributed by atoms with E-state index in [0.717, 1.165) is 44.7 Å². The van der Waals surface area contributed by atoms with Crippen LogP contribution in [-0.4, -0.2) is 55.1 Å². The molecule has 1 saturated heterocycles. The first-order valence-electron chi connectivity index (χ1n) is 14.0. The standard InChI is InChI=1S/C31H39N3OS.C2H6/c1-24(2)33-19-21-34(22-20-33)29-17-13-27(14-18-29)31(26-11-15-28(16-12-26)32-36-3)30(10-7-23-35)25-8-5-4-6-9-25;1-2/h4-6,8-9,11-18,24,32,35H,7,10,19-23H2,1-3H3;1-2H3/b31-30-;. The Kier molecular flexibility index (Phi) is 12.3. The minimum Gasteiger partial charge on any atom is -0.396 e. The van der Waals surface area contributed by atoms with Crippen molar-refractivity contribution in [2.75, 3.05) is 48.7 Å². The molecule has 0 aliphatic carbocycles. The number of nitrogens with one attached hydrogen (secondary N) is 1. The van der Waals surface area contributed by atoms with Crippen LogP contribution in [-0.2, 0) is 0 Å². The van der Waals surface area contributed by atoms with E-state index in [0.29, 0.717) is 6.04 Å². The largest absolute Gasteiger partial charge is 0.396 e. The van der Waals surface area contributed by atoms with Gasteiger partial charge >= 0.3 is 0 Å². The van der Waals surface area contributed by atoms with E-state index in [1.165, 1.54) is 33.5 Å². The molecule has 1 fully saturated rings. The van der Waals surface area contributed by atoms with Crippen molar-refractivity contribution in [1.82, 2.24) is 4.90 Å². The predicted octanol–water partition coefficient (Wildman–Crippen LogP) is 7.66. The summed E-state index contributed by atoms with van der Waals surface area (Å²) in [5.41, 5.74) is 8.51. The third-order valence-electron chi connectivity index (χ3n) is 6.97.